The molecule has 7 heteroatoms. The number of rotatable bonds is 6. The van der Waals surface area contributed by atoms with Crippen molar-refractivity contribution in [3.05, 3.63) is 64.3 Å². The molecule has 0 saturated carbocycles. The summed E-state index contributed by atoms with van der Waals surface area (Å²) in [5, 5.41) is 1.25. The van der Waals surface area contributed by atoms with Crippen LogP contribution in [0.2, 0.25) is 5.02 Å². The Labute approximate surface area is 192 Å². The fourth-order valence-electron chi connectivity index (χ4n) is 3.35. The van der Waals surface area contributed by atoms with E-state index in [1.807, 2.05) is 0 Å². The van der Waals surface area contributed by atoms with Crippen LogP contribution in [0, 0.1) is 12.3 Å². The maximum Gasteiger partial charge on any atom is 0.310 e. The van der Waals surface area contributed by atoms with E-state index < -0.39 is 11.4 Å². The van der Waals surface area contributed by atoms with Crippen molar-refractivity contribution in [2.75, 3.05) is 13.7 Å². The number of esters is 1. The average Bonchev–Trinajstić information content (AvgIpc) is 3.01. The minimum absolute atomic E-state index is 0.0756. The molecule has 2 aromatic carbocycles. The Bertz CT molecular complexity index is 1190. The highest BCUT2D eigenvalue weighted by Crippen LogP contribution is 2.31. The van der Waals surface area contributed by atoms with Gasteiger partial charge in [-0.25, -0.2) is 0 Å². The van der Waals surface area contributed by atoms with E-state index in [9.17, 15) is 14.4 Å². The highest BCUT2D eigenvalue weighted by atomic mass is 35.5. The molecule has 6 nitrogen and oxygen atoms in total. The Balaban J connectivity index is 1.99. The maximum absolute atomic E-state index is 13.3. The second kappa shape index (κ2) is 9.17. The molecular formula is C25H26ClNO5. The van der Waals surface area contributed by atoms with Crippen LogP contribution < -0.4 is 4.74 Å². The number of carbonyl (C=O) groups is 3. The van der Waals surface area contributed by atoms with Gasteiger partial charge in [-0.2, -0.15) is 0 Å². The molecular weight excluding hydrogens is 430 g/mol. The molecule has 3 aromatic rings. The van der Waals surface area contributed by atoms with Crippen LogP contribution in [-0.2, 0) is 20.7 Å². The summed E-state index contributed by atoms with van der Waals surface area (Å²) < 4.78 is 12.1. The van der Waals surface area contributed by atoms with Crippen molar-refractivity contribution in [1.29, 1.82) is 0 Å². The van der Waals surface area contributed by atoms with Gasteiger partial charge in [0.25, 0.3) is 5.91 Å². The van der Waals surface area contributed by atoms with Gasteiger partial charge in [-0.1, -0.05) is 32.4 Å². The summed E-state index contributed by atoms with van der Waals surface area (Å²) in [5.74, 6) is -0.334. The second-order valence-corrected chi connectivity index (χ2v) is 9.04. The highest BCUT2D eigenvalue weighted by Gasteiger charge is 2.25. The van der Waals surface area contributed by atoms with Crippen LogP contribution in [0.3, 0.4) is 0 Å². The fraction of sp³-hybridized carbons (Fsp3) is 0.320. The topological polar surface area (TPSA) is 74.6 Å². The zero-order valence-corrected chi connectivity index (χ0v) is 19.6. The van der Waals surface area contributed by atoms with Crippen molar-refractivity contribution in [1.82, 2.24) is 4.57 Å². The number of hydrogen-bond acceptors (Lipinski definition) is 5. The molecule has 0 unspecified atom stereocenters. The molecule has 3 rings (SSSR count). The van der Waals surface area contributed by atoms with Crippen LogP contribution >= 0.6 is 11.6 Å². The summed E-state index contributed by atoms with van der Waals surface area (Å²) >= 11 is 5.96. The first-order valence-corrected chi connectivity index (χ1v) is 10.6. The standard InChI is InChI=1S/C25H26ClNO5/c1-15-19(13-23(29)32-14-22(28)25(2,3)4)20-12-18(31-5)10-11-21(20)27(15)24(30)16-6-8-17(26)9-7-16/h6-12H,13-14H2,1-5H3. The molecule has 1 heterocycles. The van der Waals surface area contributed by atoms with Gasteiger partial charge in [0.15, 0.2) is 12.4 Å². The van der Waals surface area contributed by atoms with Crippen LogP contribution in [0.5, 0.6) is 5.75 Å². The molecule has 0 saturated heterocycles. The minimum Gasteiger partial charge on any atom is -0.497 e. The van der Waals surface area contributed by atoms with Gasteiger partial charge in [0, 0.05) is 27.1 Å². The smallest absolute Gasteiger partial charge is 0.310 e. The van der Waals surface area contributed by atoms with E-state index in [0.29, 0.717) is 38.5 Å². The third-order valence-electron chi connectivity index (χ3n) is 5.36. The summed E-state index contributed by atoms with van der Waals surface area (Å²) in [6.45, 7) is 6.82. The summed E-state index contributed by atoms with van der Waals surface area (Å²) in [7, 11) is 1.55. The lowest BCUT2D eigenvalue weighted by atomic mass is 9.91. The number of Topliss-reactive ketones (excluding diaryl/α,β-unsaturated/α-hetero) is 1. The number of aromatic nitrogens is 1. The molecule has 0 aliphatic rings. The van der Waals surface area contributed by atoms with E-state index in [1.54, 1.807) is 81.8 Å². The Morgan fingerprint density at radius 2 is 1.69 bits per heavy atom. The largest absolute Gasteiger partial charge is 0.497 e. The van der Waals surface area contributed by atoms with E-state index in [2.05, 4.69) is 0 Å². The molecule has 0 atom stereocenters. The number of fused-ring (bicyclic) bond motifs is 1. The minimum atomic E-state index is -0.593. The Morgan fingerprint density at radius 1 is 1.03 bits per heavy atom. The summed E-state index contributed by atoms with van der Waals surface area (Å²) in [4.78, 5) is 38.0. The fourth-order valence-corrected chi connectivity index (χ4v) is 3.48. The summed E-state index contributed by atoms with van der Waals surface area (Å²) in [6.07, 6.45) is -0.0756. The van der Waals surface area contributed by atoms with Gasteiger partial charge in [0.1, 0.15) is 5.75 Å². The quantitative estimate of drug-likeness (QED) is 0.489. The van der Waals surface area contributed by atoms with Crippen molar-refractivity contribution in [3.8, 4) is 5.75 Å². The third kappa shape index (κ3) is 4.86. The van der Waals surface area contributed by atoms with Gasteiger partial charge in [0.05, 0.1) is 19.0 Å². The Hall–Kier alpha value is -3.12. The van der Waals surface area contributed by atoms with Crippen LogP contribution in [0.4, 0.5) is 0 Å². The second-order valence-electron chi connectivity index (χ2n) is 8.61. The Kier molecular flexibility index (Phi) is 6.74. The molecule has 0 bridgehead atoms. The van der Waals surface area contributed by atoms with Gasteiger partial charge in [-0.15, -0.1) is 0 Å². The molecule has 0 amide bonds. The van der Waals surface area contributed by atoms with Gasteiger partial charge < -0.3 is 9.47 Å². The van der Waals surface area contributed by atoms with E-state index in [-0.39, 0.29) is 24.7 Å². The van der Waals surface area contributed by atoms with Crippen LogP contribution in [0.15, 0.2) is 42.5 Å². The number of hydrogen-bond donors (Lipinski definition) is 0. The lowest BCUT2D eigenvalue weighted by Crippen LogP contribution is -2.26. The molecule has 1 aromatic heterocycles. The first kappa shape index (κ1) is 23.5. The molecule has 0 spiro atoms. The number of ketones is 1. The number of carbonyl (C=O) groups excluding carboxylic acids is 3. The molecule has 32 heavy (non-hydrogen) atoms. The predicted octanol–water partition coefficient (Wildman–Crippen LogP) is 5.00. The van der Waals surface area contributed by atoms with Crippen molar-refractivity contribution in [2.45, 2.75) is 34.1 Å². The molecule has 0 aliphatic carbocycles. The molecule has 0 N–H and O–H groups in total. The molecule has 0 aliphatic heterocycles. The van der Waals surface area contributed by atoms with E-state index >= 15 is 0 Å². The predicted molar refractivity (Wildman–Crippen MR) is 124 cm³/mol. The highest BCUT2D eigenvalue weighted by molar-refractivity contribution is 6.30. The van der Waals surface area contributed by atoms with Gasteiger partial charge >= 0.3 is 5.97 Å². The first-order chi connectivity index (χ1) is 15.0. The zero-order valence-electron chi connectivity index (χ0n) is 18.8. The monoisotopic (exact) mass is 455 g/mol. The number of methoxy groups -OCH3 is 1. The summed E-state index contributed by atoms with van der Waals surface area (Å²) in [6, 6.07) is 12.0. The number of benzene rings is 2. The van der Waals surface area contributed by atoms with Gasteiger partial charge in [0.2, 0.25) is 0 Å². The normalized spacial score (nSPS) is 11.4. The molecule has 0 fully saturated rings. The first-order valence-electron chi connectivity index (χ1n) is 10.2. The third-order valence-corrected chi connectivity index (χ3v) is 5.61. The number of nitrogens with zero attached hydrogens (tertiary/aromatic N) is 1. The van der Waals surface area contributed by atoms with E-state index in [0.717, 1.165) is 0 Å². The SMILES string of the molecule is COc1ccc2c(c1)c(CC(=O)OCC(=O)C(C)(C)C)c(C)n2C(=O)c1ccc(Cl)cc1. The number of halogens is 1. The van der Waals surface area contributed by atoms with Crippen molar-refractivity contribution in [2.24, 2.45) is 5.41 Å². The summed E-state index contributed by atoms with van der Waals surface area (Å²) in [5.41, 5.74) is 1.79. The molecule has 168 valence electrons. The van der Waals surface area contributed by atoms with Gasteiger partial charge in [-0.05, 0) is 55.0 Å². The van der Waals surface area contributed by atoms with Crippen molar-refractivity contribution < 1.29 is 23.9 Å². The van der Waals surface area contributed by atoms with Crippen LogP contribution in [-0.4, -0.2) is 35.9 Å². The van der Waals surface area contributed by atoms with Crippen molar-refractivity contribution >= 4 is 40.2 Å². The van der Waals surface area contributed by atoms with E-state index in [1.165, 1.54) is 0 Å². The lowest BCUT2D eigenvalue weighted by molar-refractivity contribution is -0.149. The van der Waals surface area contributed by atoms with Crippen LogP contribution in [0.25, 0.3) is 10.9 Å². The van der Waals surface area contributed by atoms with Gasteiger partial charge in [-0.3, -0.25) is 19.0 Å². The van der Waals surface area contributed by atoms with Crippen molar-refractivity contribution in [3.63, 3.8) is 0 Å². The lowest BCUT2D eigenvalue weighted by Gasteiger charge is -2.16. The maximum atomic E-state index is 13.3. The number of ether oxygens (including phenoxy) is 2. The zero-order chi connectivity index (χ0) is 23.6. The molecule has 0 radical (unpaired) electrons. The van der Waals surface area contributed by atoms with Crippen LogP contribution in [0.1, 0.15) is 42.4 Å². The average molecular weight is 456 g/mol. The van der Waals surface area contributed by atoms with E-state index in [4.69, 9.17) is 21.1 Å². The Morgan fingerprint density at radius 3 is 2.28 bits per heavy atom.